The summed E-state index contributed by atoms with van der Waals surface area (Å²) in [6.45, 7) is 2.90. The molecule has 1 aromatic carbocycles. The quantitative estimate of drug-likeness (QED) is 0.629. The fourth-order valence-electron chi connectivity index (χ4n) is 1.76. The summed E-state index contributed by atoms with van der Waals surface area (Å²) < 4.78 is 15.1. The summed E-state index contributed by atoms with van der Waals surface area (Å²) >= 11 is 0. The minimum absolute atomic E-state index is 0.164. The maximum atomic E-state index is 12.0. The monoisotopic (exact) mass is 300 g/mol. The number of hydrogen-bond acceptors (Lipinski definition) is 5. The van der Waals surface area contributed by atoms with Crippen LogP contribution in [0.1, 0.15) is 35.9 Å². The van der Waals surface area contributed by atoms with Gasteiger partial charge in [0.2, 0.25) is 0 Å². The van der Waals surface area contributed by atoms with E-state index in [2.05, 4.69) is 23.7 Å². The summed E-state index contributed by atoms with van der Waals surface area (Å²) in [5.41, 5.74) is 0.546. The zero-order valence-electron chi connectivity index (χ0n) is 12.9. The van der Waals surface area contributed by atoms with E-state index in [1.807, 2.05) is 0 Å². The Morgan fingerprint density at radius 1 is 1.18 bits per heavy atom. The lowest BCUT2D eigenvalue weighted by atomic mass is 10.0. The first-order valence-corrected chi connectivity index (χ1v) is 6.39. The lowest BCUT2D eigenvalue weighted by Crippen LogP contribution is -2.14. The van der Waals surface area contributed by atoms with Crippen LogP contribution >= 0.6 is 0 Å². The van der Waals surface area contributed by atoms with Crippen molar-refractivity contribution in [3.8, 4) is 29.4 Å². The van der Waals surface area contributed by atoms with E-state index >= 15 is 0 Å². The molecule has 114 valence electrons. The number of carbonyl (C=O) groups excluding carboxylic acids is 2. The zero-order chi connectivity index (χ0) is 16.5. The summed E-state index contributed by atoms with van der Waals surface area (Å²) in [6, 6.07) is 4.90. The van der Waals surface area contributed by atoms with Crippen LogP contribution in [0.3, 0.4) is 0 Å². The van der Waals surface area contributed by atoms with E-state index in [-0.39, 0.29) is 5.56 Å². The summed E-state index contributed by atoms with van der Waals surface area (Å²) in [5, 5.41) is 0. The average molecular weight is 300 g/mol. The molecule has 0 fully saturated rings. The second-order valence-electron chi connectivity index (χ2n) is 4.05. The normalized spacial score (nSPS) is 10.2. The van der Waals surface area contributed by atoms with Gasteiger partial charge in [-0.15, -0.1) is 0 Å². The molecule has 0 aromatic heterocycles. The molecule has 0 spiro atoms. The molecule has 0 bridgehead atoms. The van der Waals surface area contributed by atoms with E-state index in [1.165, 1.54) is 21.1 Å². The molecular weight excluding hydrogens is 284 g/mol. The molecule has 0 saturated carbocycles. The molecule has 1 rings (SSSR count). The van der Waals surface area contributed by atoms with Crippen LogP contribution in [0.2, 0.25) is 0 Å². The van der Waals surface area contributed by atoms with E-state index in [0.29, 0.717) is 11.3 Å². The summed E-state index contributed by atoms with van der Waals surface area (Å²) in [5.74, 6) is 9.65. The van der Waals surface area contributed by atoms with Crippen molar-refractivity contribution in [1.29, 1.82) is 0 Å². The van der Waals surface area contributed by atoms with Crippen molar-refractivity contribution >= 4 is 11.9 Å². The Morgan fingerprint density at radius 3 is 2.45 bits per heavy atom. The van der Waals surface area contributed by atoms with Gasteiger partial charge in [0.1, 0.15) is 11.3 Å². The molecular formula is C17H16O5. The van der Waals surface area contributed by atoms with Gasteiger partial charge >= 0.3 is 11.9 Å². The van der Waals surface area contributed by atoms with Gasteiger partial charge in [0.15, 0.2) is 6.10 Å². The van der Waals surface area contributed by atoms with E-state index in [4.69, 9.17) is 14.2 Å². The summed E-state index contributed by atoms with van der Waals surface area (Å²) in [7, 11) is 2.69. The van der Waals surface area contributed by atoms with Crippen molar-refractivity contribution in [3.63, 3.8) is 0 Å². The van der Waals surface area contributed by atoms with Gasteiger partial charge in [-0.1, -0.05) is 18.1 Å². The van der Waals surface area contributed by atoms with Crippen LogP contribution in [-0.4, -0.2) is 26.2 Å². The molecule has 0 aliphatic rings. The SMILES string of the molecule is CC#CC#C[C@@H](OC(C)=O)c1cccc(OC)c1C(=O)OC. The number of rotatable bonds is 4. The van der Waals surface area contributed by atoms with Crippen LogP contribution in [0.15, 0.2) is 18.2 Å². The van der Waals surface area contributed by atoms with Gasteiger partial charge in [0.05, 0.1) is 14.2 Å². The third-order valence-corrected chi connectivity index (χ3v) is 2.62. The summed E-state index contributed by atoms with van der Waals surface area (Å²) in [6.07, 6.45) is -0.942. The summed E-state index contributed by atoms with van der Waals surface area (Å²) in [4.78, 5) is 23.3. The molecule has 22 heavy (non-hydrogen) atoms. The van der Waals surface area contributed by atoms with Gasteiger partial charge in [0, 0.05) is 12.5 Å². The van der Waals surface area contributed by atoms with E-state index in [1.54, 1.807) is 25.1 Å². The Bertz CT molecular complexity index is 682. The third-order valence-electron chi connectivity index (χ3n) is 2.62. The highest BCUT2D eigenvalue weighted by molar-refractivity contribution is 5.94. The van der Waals surface area contributed by atoms with Gasteiger partial charge in [-0.2, -0.15) is 0 Å². The second kappa shape index (κ2) is 8.39. The van der Waals surface area contributed by atoms with Crippen molar-refractivity contribution in [2.24, 2.45) is 0 Å². The molecule has 0 N–H and O–H groups in total. The van der Waals surface area contributed by atoms with Gasteiger partial charge in [0.25, 0.3) is 0 Å². The van der Waals surface area contributed by atoms with Crippen LogP contribution in [0, 0.1) is 23.7 Å². The first kappa shape index (κ1) is 17.1. The minimum atomic E-state index is -0.942. The number of methoxy groups -OCH3 is 2. The average Bonchev–Trinajstić information content (AvgIpc) is 2.52. The number of esters is 2. The standard InChI is InChI=1S/C17H16O5/c1-5-6-7-10-14(22-12(2)18)13-9-8-11-15(20-3)16(13)17(19)21-4/h8-9,11,14H,1-4H3/t14-/m1/s1. The highest BCUT2D eigenvalue weighted by Crippen LogP contribution is 2.29. The van der Waals surface area contributed by atoms with Gasteiger partial charge in [-0.25, -0.2) is 4.79 Å². The van der Waals surface area contributed by atoms with E-state index < -0.39 is 18.0 Å². The maximum Gasteiger partial charge on any atom is 0.342 e. The third kappa shape index (κ3) is 4.29. The molecule has 1 atom stereocenters. The minimum Gasteiger partial charge on any atom is -0.496 e. The van der Waals surface area contributed by atoms with Crippen LogP contribution in [0.5, 0.6) is 5.75 Å². The van der Waals surface area contributed by atoms with Gasteiger partial charge in [-0.05, 0) is 30.8 Å². The Balaban J connectivity index is 3.46. The smallest absolute Gasteiger partial charge is 0.342 e. The highest BCUT2D eigenvalue weighted by Gasteiger charge is 2.24. The Kier molecular flexibility index (Phi) is 6.53. The van der Waals surface area contributed by atoms with Crippen LogP contribution in [0.4, 0.5) is 0 Å². The molecule has 5 nitrogen and oxygen atoms in total. The number of carbonyl (C=O) groups is 2. The molecule has 0 aliphatic carbocycles. The molecule has 0 radical (unpaired) electrons. The van der Waals surface area contributed by atoms with E-state index in [9.17, 15) is 9.59 Å². The van der Waals surface area contributed by atoms with E-state index in [0.717, 1.165) is 0 Å². The van der Waals surface area contributed by atoms with Crippen LogP contribution < -0.4 is 4.74 Å². The topological polar surface area (TPSA) is 61.8 Å². The second-order valence-corrected chi connectivity index (χ2v) is 4.05. The molecule has 0 amide bonds. The first-order valence-electron chi connectivity index (χ1n) is 6.39. The Morgan fingerprint density at radius 2 is 1.91 bits per heavy atom. The Hall–Kier alpha value is -2.92. The Labute approximate surface area is 129 Å². The van der Waals surface area contributed by atoms with Crippen molar-refractivity contribution in [2.75, 3.05) is 14.2 Å². The van der Waals surface area contributed by atoms with Gasteiger partial charge in [-0.3, -0.25) is 4.79 Å². The molecule has 1 aromatic rings. The lowest BCUT2D eigenvalue weighted by Gasteiger charge is -2.16. The molecule has 0 unspecified atom stereocenters. The number of hydrogen-bond donors (Lipinski definition) is 0. The van der Waals surface area contributed by atoms with Crippen molar-refractivity contribution in [2.45, 2.75) is 20.0 Å². The molecule has 0 saturated heterocycles. The molecule has 5 heteroatoms. The van der Waals surface area contributed by atoms with Crippen LogP contribution in [-0.2, 0) is 14.3 Å². The number of ether oxygens (including phenoxy) is 3. The number of benzene rings is 1. The molecule has 0 heterocycles. The van der Waals surface area contributed by atoms with Crippen molar-refractivity contribution in [1.82, 2.24) is 0 Å². The first-order chi connectivity index (χ1) is 10.5. The highest BCUT2D eigenvalue weighted by atomic mass is 16.5. The lowest BCUT2D eigenvalue weighted by molar-refractivity contribution is -0.144. The largest absolute Gasteiger partial charge is 0.496 e. The predicted molar refractivity (Wildman–Crippen MR) is 80.1 cm³/mol. The zero-order valence-corrected chi connectivity index (χ0v) is 12.9. The van der Waals surface area contributed by atoms with Crippen molar-refractivity contribution in [3.05, 3.63) is 29.3 Å². The fourth-order valence-corrected chi connectivity index (χ4v) is 1.76. The van der Waals surface area contributed by atoms with Crippen molar-refractivity contribution < 1.29 is 23.8 Å². The fraction of sp³-hybridized carbons (Fsp3) is 0.294. The predicted octanol–water partition coefficient (Wildman–Crippen LogP) is 2.11. The molecule has 0 aliphatic heterocycles. The van der Waals surface area contributed by atoms with Crippen LogP contribution in [0.25, 0.3) is 0 Å². The van der Waals surface area contributed by atoms with Gasteiger partial charge < -0.3 is 14.2 Å². The maximum absolute atomic E-state index is 12.0.